The van der Waals surface area contributed by atoms with Gasteiger partial charge in [-0.3, -0.25) is 4.79 Å². The smallest absolute Gasteiger partial charge is 0.407 e. The Hall–Kier alpha value is -3.61. The standard InChI is InChI=1S/C28H33N3O4/c1-3-31(28(33)34)18-20-14-12-19(13-15-20)17-29-27(32)23-16-25(22-9-5-7-11-26(22)35-2)30-24-10-6-4-8-21(23)24/h4-11,16,19-20H,3,12-15,17-18H2,1-2H3,(H,29,32)(H,33,34). The number of hydrogen-bond donors (Lipinski definition) is 2. The minimum atomic E-state index is -0.848. The van der Waals surface area contributed by atoms with E-state index in [-0.39, 0.29) is 5.91 Å². The van der Waals surface area contributed by atoms with Gasteiger partial charge >= 0.3 is 6.09 Å². The van der Waals surface area contributed by atoms with Crippen LogP contribution >= 0.6 is 0 Å². The highest BCUT2D eigenvalue weighted by Gasteiger charge is 2.25. The van der Waals surface area contributed by atoms with Gasteiger partial charge in [0.15, 0.2) is 0 Å². The summed E-state index contributed by atoms with van der Waals surface area (Å²) in [7, 11) is 1.63. The van der Waals surface area contributed by atoms with E-state index in [1.165, 1.54) is 4.90 Å². The second kappa shape index (κ2) is 11.2. The molecule has 0 spiro atoms. The van der Waals surface area contributed by atoms with Gasteiger partial charge in [-0.15, -0.1) is 0 Å². The first-order valence-corrected chi connectivity index (χ1v) is 12.3. The molecule has 2 N–H and O–H groups in total. The number of carbonyl (C=O) groups is 2. The molecule has 1 heterocycles. The predicted molar refractivity (Wildman–Crippen MR) is 137 cm³/mol. The van der Waals surface area contributed by atoms with Crippen molar-refractivity contribution in [3.8, 4) is 17.0 Å². The van der Waals surface area contributed by atoms with Gasteiger partial charge in [-0.25, -0.2) is 9.78 Å². The SMILES string of the molecule is CCN(CC1CCC(CNC(=O)c2cc(-c3ccccc3OC)nc3ccccc23)CC1)C(=O)O. The van der Waals surface area contributed by atoms with Gasteiger partial charge in [0.25, 0.3) is 5.91 Å². The monoisotopic (exact) mass is 475 g/mol. The molecule has 7 nitrogen and oxygen atoms in total. The Labute approximate surface area is 206 Å². The van der Waals surface area contributed by atoms with E-state index in [1.54, 1.807) is 7.11 Å². The summed E-state index contributed by atoms with van der Waals surface area (Å²) in [6.45, 7) is 3.60. The van der Waals surface area contributed by atoms with Crippen LogP contribution in [0.15, 0.2) is 54.6 Å². The molecule has 2 amide bonds. The molecular formula is C28H33N3O4. The highest BCUT2D eigenvalue weighted by Crippen LogP contribution is 2.32. The number of carbonyl (C=O) groups excluding carboxylic acids is 1. The van der Waals surface area contributed by atoms with Gasteiger partial charge in [-0.1, -0.05) is 30.3 Å². The number of benzene rings is 2. The number of carboxylic acid groups (broad SMARTS) is 1. The molecule has 0 atom stereocenters. The van der Waals surface area contributed by atoms with Gasteiger partial charge in [0, 0.05) is 30.6 Å². The van der Waals surface area contributed by atoms with Crippen LogP contribution in [0.3, 0.4) is 0 Å². The zero-order chi connectivity index (χ0) is 24.8. The third-order valence-electron chi connectivity index (χ3n) is 6.99. The van der Waals surface area contributed by atoms with E-state index >= 15 is 0 Å². The molecular weight excluding hydrogens is 442 g/mol. The van der Waals surface area contributed by atoms with E-state index in [4.69, 9.17) is 9.72 Å². The van der Waals surface area contributed by atoms with Gasteiger partial charge in [0.2, 0.25) is 0 Å². The lowest BCUT2D eigenvalue weighted by molar-refractivity contribution is 0.0938. The molecule has 3 aromatic rings. The summed E-state index contributed by atoms with van der Waals surface area (Å²) in [5.41, 5.74) is 2.91. The molecule has 0 bridgehead atoms. The van der Waals surface area contributed by atoms with Gasteiger partial charge in [0.05, 0.1) is 23.9 Å². The number of fused-ring (bicyclic) bond motifs is 1. The maximum atomic E-state index is 13.3. The van der Waals surface area contributed by atoms with Crippen molar-refractivity contribution < 1.29 is 19.4 Å². The summed E-state index contributed by atoms with van der Waals surface area (Å²) < 4.78 is 5.52. The number of rotatable bonds is 8. The summed E-state index contributed by atoms with van der Waals surface area (Å²) >= 11 is 0. The number of para-hydroxylation sites is 2. The van der Waals surface area contributed by atoms with Crippen LogP contribution in [0, 0.1) is 11.8 Å². The molecule has 1 aliphatic rings. The lowest BCUT2D eigenvalue weighted by atomic mass is 9.81. The van der Waals surface area contributed by atoms with Crippen molar-refractivity contribution in [3.05, 3.63) is 60.2 Å². The molecule has 1 aliphatic carbocycles. The number of methoxy groups -OCH3 is 1. The average molecular weight is 476 g/mol. The van der Waals surface area contributed by atoms with Crippen molar-refractivity contribution in [1.82, 2.24) is 15.2 Å². The Bertz CT molecular complexity index is 1190. The number of nitrogens with one attached hydrogen (secondary N) is 1. The zero-order valence-corrected chi connectivity index (χ0v) is 20.4. The topological polar surface area (TPSA) is 91.8 Å². The molecule has 2 aromatic carbocycles. The Morgan fingerprint density at radius 1 is 1.06 bits per heavy atom. The molecule has 7 heteroatoms. The largest absolute Gasteiger partial charge is 0.496 e. The van der Waals surface area contributed by atoms with E-state index in [0.717, 1.165) is 42.1 Å². The molecule has 4 rings (SSSR count). The van der Waals surface area contributed by atoms with E-state index < -0.39 is 6.09 Å². The fourth-order valence-corrected chi connectivity index (χ4v) is 4.96. The maximum absolute atomic E-state index is 13.3. The molecule has 0 aliphatic heterocycles. The molecule has 1 saturated carbocycles. The molecule has 0 unspecified atom stereocenters. The molecule has 1 fully saturated rings. The maximum Gasteiger partial charge on any atom is 0.407 e. The van der Waals surface area contributed by atoms with Crippen molar-refractivity contribution in [2.24, 2.45) is 11.8 Å². The van der Waals surface area contributed by atoms with Crippen molar-refractivity contribution in [2.45, 2.75) is 32.6 Å². The Morgan fingerprint density at radius 3 is 2.46 bits per heavy atom. The molecule has 1 aromatic heterocycles. The minimum Gasteiger partial charge on any atom is -0.496 e. The summed E-state index contributed by atoms with van der Waals surface area (Å²) in [5.74, 6) is 1.40. The van der Waals surface area contributed by atoms with Crippen molar-refractivity contribution >= 4 is 22.9 Å². The first-order valence-electron chi connectivity index (χ1n) is 12.3. The fourth-order valence-electron chi connectivity index (χ4n) is 4.96. The van der Waals surface area contributed by atoms with Crippen molar-refractivity contribution in [1.29, 1.82) is 0 Å². The Morgan fingerprint density at radius 2 is 1.74 bits per heavy atom. The normalized spacial score (nSPS) is 17.7. The van der Waals surface area contributed by atoms with Gasteiger partial charge in [-0.05, 0) is 68.7 Å². The average Bonchev–Trinajstić information content (AvgIpc) is 2.90. The Balaban J connectivity index is 1.45. The Kier molecular flexibility index (Phi) is 7.85. The van der Waals surface area contributed by atoms with Crippen LogP contribution in [0.4, 0.5) is 4.79 Å². The van der Waals surface area contributed by atoms with Crippen LogP contribution in [-0.4, -0.2) is 53.7 Å². The fraction of sp³-hybridized carbons (Fsp3) is 0.393. The quantitative estimate of drug-likeness (QED) is 0.452. The predicted octanol–water partition coefficient (Wildman–Crippen LogP) is 5.45. The lowest BCUT2D eigenvalue weighted by Crippen LogP contribution is -2.37. The first-order chi connectivity index (χ1) is 17.0. The van der Waals surface area contributed by atoms with Crippen molar-refractivity contribution in [2.75, 3.05) is 26.7 Å². The van der Waals surface area contributed by atoms with Crippen LogP contribution in [0.25, 0.3) is 22.2 Å². The summed E-state index contributed by atoms with van der Waals surface area (Å²) in [4.78, 5) is 30.9. The van der Waals surface area contributed by atoms with Gasteiger partial charge in [0.1, 0.15) is 5.75 Å². The highest BCUT2D eigenvalue weighted by atomic mass is 16.5. The minimum absolute atomic E-state index is 0.107. The third-order valence-corrected chi connectivity index (χ3v) is 6.99. The van der Waals surface area contributed by atoms with Crippen LogP contribution in [0.1, 0.15) is 43.0 Å². The van der Waals surface area contributed by atoms with Crippen LogP contribution in [0.2, 0.25) is 0 Å². The van der Waals surface area contributed by atoms with Gasteiger partial charge < -0.3 is 20.1 Å². The lowest BCUT2D eigenvalue weighted by Gasteiger charge is -2.31. The second-order valence-electron chi connectivity index (χ2n) is 9.19. The number of pyridine rings is 1. The molecule has 35 heavy (non-hydrogen) atoms. The molecule has 0 saturated heterocycles. The summed E-state index contributed by atoms with van der Waals surface area (Å²) in [6, 6.07) is 17.2. The van der Waals surface area contributed by atoms with Crippen LogP contribution in [0.5, 0.6) is 5.75 Å². The number of ether oxygens (including phenoxy) is 1. The van der Waals surface area contributed by atoms with Crippen molar-refractivity contribution in [3.63, 3.8) is 0 Å². The van der Waals surface area contributed by atoms with E-state index in [1.807, 2.05) is 61.5 Å². The zero-order valence-electron chi connectivity index (χ0n) is 20.4. The second-order valence-corrected chi connectivity index (χ2v) is 9.19. The molecule has 184 valence electrons. The first kappa shape index (κ1) is 24.5. The van der Waals surface area contributed by atoms with Gasteiger partial charge in [-0.2, -0.15) is 0 Å². The number of amides is 2. The molecule has 0 radical (unpaired) electrons. The highest BCUT2D eigenvalue weighted by molar-refractivity contribution is 6.07. The van der Waals surface area contributed by atoms with E-state index in [9.17, 15) is 14.7 Å². The summed E-state index contributed by atoms with van der Waals surface area (Å²) in [5, 5.41) is 13.2. The number of nitrogens with zero attached hydrogens (tertiary/aromatic N) is 2. The number of hydrogen-bond acceptors (Lipinski definition) is 4. The van der Waals surface area contributed by atoms with Crippen LogP contribution in [-0.2, 0) is 0 Å². The number of aromatic nitrogens is 1. The van der Waals surface area contributed by atoms with Crippen LogP contribution < -0.4 is 10.1 Å². The van der Waals surface area contributed by atoms with E-state index in [0.29, 0.717) is 48.5 Å². The summed E-state index contributed by atoms with van der Waals surface area (Å²) in [6.07, 6.45) is 3.11. The van der Waals surface area contributed by atoms with E-state index in [2.05, 4.69) is 5.32 Å². The third kappa shape index (κ3) is 5.73.